The Morgan fingerprint density at radius 1 is 1.43 bits per heavy atom. The smallest absolute Gasteiger partial charge is 0.129 e. The van der Waals surface area contributed by atoms with Crippen LogP contribution in [0, 0.1) is 11.5 Å². The van der Waals surface area contributed by atoms with Crippen LogP contribution in [0.25, 0.3) is 0 Å². The van der Waals surface area contributed by atoms with Gasteiger partial charge in [0.1, 0.15) is 14.2 Å². The molecule has 0 amide bonds. The number of thioether (sulfide) groups is 1. The molecule has 0 aromatic carbocycles. The lowest BCUT2D eigenvalue weighted by molar-refractivity contribution is 0.132. The van der Waals surface area contributed by atoms with Gasteiger partial charge in [0, 0.05) is 6.42 Å². The van der Waals surface area contributed by atoms with Gasteiger partial charge in [0.2, 0.25) is 0 Å². The lowest BCUT2D eigenvalue weighted by Crippen LogP contribution is -2.18. The molecule has 14 heavy (non-hydrogen) atoms. The Kier molecular flexibility index (Phi) is 7.38. The van der Waals surface area contributed by atoms with Crippen LogP contribution in [-0.2, 0) is 4.74 Å². The van der Waals surface area contributed by atoms with E-state index in [1.807, 2.05) is 6.26 Å². The number of ether oxygens (including phenoxy) is 1. The minimum Gasteiger partial charge on any atom is -0.380 e. The Morgan fingerprint density at radius 2 is 2.07 bits per heavy atom. The zero-order valence-electron chi connectivity index (χ0n) is 9.46. The summed E-state index contributed by atoms with van der Waals surface area (Å²) in [5.41, 5.74) is 3.14. The third kappa shape index (κ3) is 10.1. The second-order valence-electron chi connectivity index (χ2n) is 4.14. The first kappa shape index (κ1) is 14.0. The highest BCUT2D eigenvalue weighted by Gasteiger charge is 2.08. The van der Waals surface area contributed by atoms with Gasteiger partial charge in [-0.25, -0.2) is 0 Å². The normalized spacial score (nSPS) is 13.2. The van der Waals surface area contributed by atoms with Gasteiger partial charge in [-0.2, -0.15) is 0 Å². The van der Waals surface area contributed by atoms with Crippen LogP contribution in [0.4, 0.5) is 0 Å². The van der Waals surface area contributed by atoms with E-state index in [9.17, 15) is 5.11 Å². The maximum absolute atomic E-state index is 9.47. The largest absolute Gasteiger partial charge is 0.380 e. The Labute approximate surface area is 92.4 Å². The summed E-state index contributed by atoms with van der Waals surface area (Å²) in [4.78, 5) is 0. The molecule has 4 heteroatoms. The molecule has 0 saturated carbocycles. The van der Waals surface area contributed by atoms with Gasteiger partial charge in [-0.05, 0) is 6.26 Å². The van der Waals surface area contributed by atoms with Crippen molar-refractivity contribution in [1.82, 2.24) is 0 Å². The molecule has 0 aromatic rings. The average molecular weight is 232 g/mol. The van der Waals surface area contributed by atoms with Crippen molar-refractivity contribution in [3.05, 3.63) is 0 Å². The van der Waals surface area contributed by atoms with E-state index in [-0.39, 0.29) is 0 Å². The molecule has 1 unspecified atom stereocenters. The van der Waals surface area contributed by atoms with Crippen molar-refractivity contribution in [3.63, 3.8) is 0 Å². The summed E-state index contributed by atoms with van der Waals surface area (Å²) in [7, 11) is -1.34. The highest BCUT2D eigenvalue weighted by Crippen LogP contribution is 1.99. The van der Waals surface area contributed by atoms with E-state index in [1.54, 1.807) is 11.8 Å². The van der Waals surface area contributed by atoms with Gasteiger partial charge < -0.3 is 9.84 Å². The zero-order valence-corrected chi connectivity index (χ0v) is 11.3. The molecule has 1 atom stereocenters. The molecule has 0 fully saturated rings. The fraction of sp³-hybridized carbons (Fsp3) is 0.800. The van der Waals surface area contributed by atoms with Crippen LogP contribution in [0.5, 0.6) is 0 Å². The molecular formula is C10H20O2SSi. The molecule has 0 heterocycles. The van der Waals surface area contributed by atoms with E-state index in [0.29, 0.717) is 19.0 Å². The van der Waals surface area contributed by atoms with Gasteiger partial charge in [-0.3, -0.25) is 0 Å². The minimum atomic E-state index is -1.34. The number of aliphatic hydroxyl groups is 1. The third-order valence-electron chi connectivity index (χ3n) is 1.35. The molecule has 2 nitrogen and oxygen atoms in total. The van der Waals surface area contributed by atoms with Crippen molar-refractivity contribution in [3.8, 4) is 11.5 Å². The van der Waals surface area contributed by atoms with Crippen molar-refractivity contribution in [2.24, 2.45) is 0 Å². The quantitative estimate of drug-likeness (QED) is 0.340. The van der Waals surface area contributed by atoms with E-state index in [0.717, 1.165) is 0 Å². The summed E-state index contributed by atoms with van der Waals surface area (Å²) >= 11 is 1.64. The second-order valence-corrected chi connectivity index (χ2v) is 9.70. The minimum absolute atomic E-state index is 0.524. The van der Waals surface area contributed by atoms with Crippen LogP contribution >= 0.6 is 11.8 Å². The first-order valence-corrected chi connectivity index (χ1v) is 9.62. The van der Waals surface area contributed by atoms with Gasteiger partial charge in [0.15, 0.2) is 0 Å². The fourth-order valence-corrected chi connectivity index (χ4v) is 1.59. The molecule has 0 saturated heterocycles. The topological polar surface area (TPSA) is 29.5 Å². The van der Waals surface area contributed by atoms with Gasteiger partial charge in [-0.15, -0.1) is 17.3 Å². The van der Waals surface area contributed by atoms with Crippen LogP contribution < -0.4 is 0 Å². The maximum atomic E-state index is 9.47. The third-order valence-corrected chi connectivity index (χ3v) is 2.65. The first-order chi connectivity index (χ1) is 6.45. The van der Waals surface area contributed by atoms with E-state index < -0.39 is 14.2 Å². The summed E-state index contributed by atoms with van der Waals surface area (Å²) in [5, 5.41) is 9.47. The van der Waals surface area contributed by atoms with Crippen molar-refractivity contribution < 1.29 is 9.84 Å². The summed E-state index contributed by atoms with van der Waals surface area (Å²) in [5.74, 6) is 3.57. The maximum Gasteiger partial charge on any atom is 0.129 e. The monoisotopic (exact) mass is 232 g/mol. The van der Waals surface area contributed by atoms with Crippen molar-refractivity contribution in [1.29, 1.82) is 0 Å². The van der Waals surface area contributed by atoms with E-state index in [2.05, 4.69) is 31.1 Å². The molecule has 0 aliphatic rings. The predicted molar refractivity (Wildman–Crippen MR) is 66.1 cm³/mol. The number of aliphatic hydroxyl groups excluding tert-OH is 1. The van der Waals surface area contributed by atoms with Crippen molar-refractivity contribution in [2.75, 3.05) is 18.8 Å². The second kappa shape index (κ2) is 7.35. The Hall–Kier alpha value is 0.0469. The molecule has 0 aromatic heterocycles. The lowest BCUT2D eigenvalue weighted by Gasteiger charge is -2.07. The van der Waals surface area contributed by atoms with E-state index in [1.165, 1.54) is 0 Å². The molecule has 0 spiro atoms. The van der Waals surface area contributed by atoms with Gasteiger partial charge in [0.05, 0.1) is 12.5 Å². The first-order valence-electron chi connectivity index (χ1n) is 4.73. The standard InChI is InChI=1S/C10H20O2SSi/c1-13-9-12-7-5-10(11)6-8-14(2,3)4/h10-11H,5,7,9H2,1-4H3. The number of hydrogen-bond donors (Lipinski definition) is 1. The van der Waals surface area contributed by atoms with Crippen LogP contribution in [0.3, 0.4) is 0 Å². The summed E-state index contributed by atoms with van der Waals surface area (Å²) in [6.45, 7) is 7.08. The van der Waals surface area contributed by atoms with E-state index in [4.69, 9.17) is 4.74 Å². The molecule has 82 valence electrons. The van der Waals surface area contributed by atoms with Crippen LogP contribution in [-0.4, -0.2) is 38.1 Å². The molecule has 0 aliphatic carbocycles. The Bertz CT molecular complexity index is 202. The fourth-order valence-electron chi connectivity index (χ4n) is 0.709. The number of hydrogen-bond acceptors (Lipinski definition) is 3. The highest BCUT2D eigenvalue weighted by molar-refractivity contribution is 7.98. The average Bonchev–Trinajstić information content (AvgIpc) is 2.08. The van der Waals surface area contributed by atoms with Crippen LogP contribution in [0.15, 0.2) is 0 Å². The Morgan fingerprint density at radius 3 is 2.57 bits per heavy atom. The summed E-state index contributed by atoms with van der Waals surface area (Å²) in [6.07, 6.45) is 2.07. The van der Waals surface area contributed by atoms with Crippen LogP contribution in [0.2, 0.25) is 19.6 Å². The zero-order chi connectivity index (χ0) is 11.0. The molecule has 0 rings (SSSR count). The van der Waals surface area contributed by atoms with E-state index >= 15 is 0 Å². The summed E-state index contributed by atoms with van der Waals surface area (Å²) in [6, 6.07) is 0. The Balaban J connectivity index is 3.63. The molecule has 0 aliphatic heterocycles. The molecule has 1 N–H and O–H groups in total. The molecule has 0 radical (unpaired) electrons. The number of rotatable bonds is 5. The highest BCUT2D eigenvalue weighted by atomic mass is 32.2. The van der Waals surface area contributed by atoms with Crippen LogP contribution in [0.1, 0.15) is 6.42 Å². The molecular weight excluding hydrogens is 212 g/mol. The van der Waals surface area contributed by atoms with Crippen molar-refractivity contribution in [2.45, 2.75) is 32.2 Å². The van der Waals surface area contributed by atoms with Crippen molar-refractivity contribution >= 4 is 19.8 Å². The van der Waals surface area contributed by atoms with Gasteiger partial charge >= 0.3 is 0 Å². The molecule has 0 bridgehead atoms. The predicted octanol–water partition coefficient (Wildman–Crippen LogP) is 1.96. The van der Waals surface area contributed by atoms with Gasteiger partial charge in [-0.1, -0.05) is 25.6 Å². The summed E-state index contributed by atoms with van der Waals surface area (Å²) < 4.78 is 5.23. The SMILES string of the molecule is CSCOCCC(O)C#C[Si](C)(C)C. The van der Waals surface area contributed by atoms with Gasteiger partial charge in [0.25, 0.3) is 0 Å². The lowest BCUT2D eigenvalue weighted by atomic mass is 10.3.